The van der Waals surface area contributed by atoms with Gasteiger partial charge in [-0.3, -0.25) is 10.2 Å². The number of rotatable bonds is 3. The standard InChI is InChI=1S/C15H27N3/c1-3-17-15(12-16)9-8-14(11-15)18-10-6-4-5-7-13(18)2/h13-14,17H,3-11H2,1-2H3. The predicted molar refractivity (Wildman–Crippen MR) is 74.3 cm³/mol. The van der Waals surface area contributed by atoms with Crippen LogP contribution in [0.25, 0.3) is 0 Å². The van der Waals surface area contributed by atoms with Crippen LogP contribution in [0.4, 0.5) is 0 Å². The third-order valence-electron chi connectivity index (χ3n) is 4.79. The van der Waals surface area contributed by atoms with Crippen molar-refractivity contribution in [1.29, 1.82) is 5.26 Å². The number of nitrogens with zero attached hydrogens (tertiary/aromatic N) is 2. The Morgan fingerprint density at radius 1 is 1.33 bits per heavy atom. The van der Waals surface area contributed by atoms with Gasteiger partial charge in [-0.1, -0.05) is 19.8 Å². The number of hydrogen-bond acceptors (Lipinski definition) is 3. The predicted octanol–water partition coefficient (Wildman–Crippen LogP) is 2.68. The van der Waals surface area contributed by atoms with Crippen LogP contribution in [0.2, 0.25) is 0 Å². The van der Waals surface area contributed by atoms with Crippen molar-refractivity contribution >= 4 is 0 Å². The highest BCUT2D eigenvalue weighted by Crippen LogP contribution is 2.35. The summed E-state index contributed by atoms with van der Waals surface area (Å²) in [5.74, 6) is 0. The normalized spacial score (nSPS) is 38.3. The highest BCUT2D eigenvalue weighted by molar-refractivity contribution is 5.13. The van der Waals surface area contributed by atoms with Crippen molar-refractivity contribution in [1.82, 2.24) is 10.2 Å². The SMILES string of the molecule is CCNC1(C#N)CCC(N2CCCCCC2C)C1. The molecule has 1 saturated heterocycles. The zero-order valence-corrected chi connectivity index (χ0v) is 11.9. The van der Waals surface area contributed by atoms with Gasteiger partial charge in [0.2, 0.25) is 0 Å². The summed E-state index contributed by atoms with van der Waals surface area (Å²) in [6.45, 7) is 6.60. The highest BCUT2D eigenvalue weighted by Gasteiger charge is 2.41. The molecule has 3 atom stereocenters. The lowest BCUT2D eigenvalue weighted by molar-refractivity contribution is 0.144. The minimum atomic E-state index is -0.245. The van der Waals surface area contributed by atoms with Gasteiger partial charge in [0, 0.05) is 12.1 Å². The molecule has 18 heavy (non-hydrogen) atoms. The lowest BCUT2D eigenvalue weighted by atomic mass is 9.99. The first kappa shape index (κ1) is 13.8. The largest absolute Gasteiger partial charge is 0.300 e. The quantitative estimate of drug-likeness (QED) is 0.836. The summed E-state index contributed by atoms with van der Waals surface area (Å²) >= 11 is 0. The molecule has 3 heteroatoms. The van der Waals surface area contributed by atoms with Gasteiger partial charge in [-0.05, 0) is 52.1 Å². The summed E-state index contributed by atoms with van der Waals surface area (Å²) in [5, 5.41) is 12.9. The topological polar surface area (TPSA) is 39.1 Å². The fourth-order valence-corrected chi connectivity index (χ4v) is 3.78. The molecule has 0 bridgehead atoms. The second-order valence-corrected chi connectivity index (χ2v) is 6.06. The molecule has 1 aliphatic carbocycles. The Morgan fingerprint density at radius 2 is 2.17 bits per heavy atom. The molecule has 1 heterocycles. The Kier molecular flexibility index (Phi) is 4.64. The summed E-state index contributed by atoms with van der Waals surface area (Å²) in [7, 11) is 0. The maximum absolute atomic E-state index is 9.45. The molecule has 0 aromatic rings. The zero-order chi connectivity index (χ0) is 13.0. The van der Waals surface area contributed by atoms with Crippen molar-refractivity contribution in [2.45, 2.75) is 76.4 Å². The van der Waals surface area contributed by atoms with E-state index in [-0.39, 0.29) is 5.54 Å². The van der Waals surface area contributed by atoms with Crippen LogP contribution in [0.5, 0.6) is 0 Å². The van der Waals surface area contributed by atoms with Crippen LogP contribution in [0.1, 0.15) is 58.8 Å². The van der Waals surface area contributed by atoms with E-state index in [2.05, 4.69) is 30.1 Å². The van der Waals surface area contributed by atoms with E-state index in [1.165, 1.54) is 38.6 Å². The number of nitriles is 1. The van der Waals surface area contributed by atoms with E-state index in [1.54, 1.807) is 0 Å². The fraction of sp³-hybridized carbons (Fsp3) is 0.933. The first-order valence-corrected chi connectivity index (χ1v) is 7.63. The molecule has 1 N–H and O–H groups in total. The fourth-order valence-electron chi connectivity index (χ4n) is 3.78. The van der Waals surface area contributed by atoms with Gasteiger partial charge in [0.25, 0.3) is 0 Å². The van der Waals surface area contributed by atoms with E-state index in [9.17, 15) is 5.26 Å². The van der Waals surface area contributed by atoms with Gasteiger partial charge in [-0.25, -0.2) is 0 Å². The Morgan fingerprint density at radius 3 is 2.89 bits per heavy atom. The van der Waals surface area contributed by atoms with Gasteiger partial charge in [0.05, 0.1) is 6.07 Å². The smallest absolute Gasteiger partial charge is 0.108 e. The molecule has 0 aromatic carbocycles. The summed E-state index contributed by atoms with van der Waals surface area (Å²) in [6, 6.07) is 3.86. The van der Waals surface area contributed by atoms with E-state index in [0.29, 0.717) is 12.1 Å². The van der Waals surface area contributed by atoms with Crippen LogP contribution < -0.4 is 5.32 Å². The third kappa shape index (κ3) is 2.87. The minimum Gasteiger partial charge on any atom is -0.300 e. The number of likely N-dealkylation sites (tertiary alicyclic amines) is 1. The Labute approximate surface area is 112 Å². The van der Waals surface area contributed by atoms with Gasteiger partial charge in [0.1, 0.15) is 5.54 Å². The zero-order valence-electron chi connectivity index (χ0n) is 11.9. The van der Waals surface area contributed by atoms with Crippen LogP contribution in [-0.4, -0.2) is 35.6 Å². The Balaban J connectivity index is 2.00. The lowest BCUT2D eigenvalue weighted by Gasteiger charge is -2.34. The van der Waals surface area contributed by atoms with E-state index >= 15 is 0 Å². The van der Waals surface area contributed by atoms with Crippen LogP contribution in [0.15, 0.2) is 0 Å². The molecule has 1 aliphatic heterocycles. The van der Waals surface area contributed by atoms with E-state index in [4.69, 9.17) is 0 Å². The van der Waals surface area contributed by atoms with Crippen LogP contribution in [0.3, 0.4) is 0 Å². The Hall–Kier alpha value is -0.590. The molecular weight excluding hydrogens is 222 g/mol. The molecule has 1 saturated carbocycles. The molecular formula is C15H27N3. The summed E-state index contributed by atoms with van der Waals surface area (Å²) in [5.41, 5.74) is -0.245. The minimum absolute atomic E-state index is 0.245. The van der Waals surface area contributed by atoms with Gasteiger partial charge in [-0.2, -0.15) is 5.26 Å². The molecule has 102 valence electrons. The first-order chi connectivity index (χ1) is 8.71. The monoisotopic (exact) mass is 249 g/mol. The van der Waals surface area contributed by atoms with Crippen molar-refractivity contribution < 1.29 is 0 Å². The summed E-state index contributed by atoms with van der Waals surface area (Å²) in [4.78, 5) is 2.68. The second kappa shape index (κ2) is 6.04. The van der Waals surface area contributed by atoms with Gasteiger partial charge in [-0.15, -0.1) is 0 Å². The van der Waals surface area contributed by atoms with E-state index in [0.717, 1.165) is 19.4 Å². The van der Waals surface area contributed by atoms with Crippen LogP contribution in [-0.2, 0) is 0 Å². The first-order valence-electron chi connectivity index (χ1n) is 7.63. The average Bonchev–Trinajstić information content (AvgIpc) is 2.67. The number of hydrogen-bond donors (Lipinski definition) is 1. The molecule has 0 radical (unpaired) electrons. The average molecular weight is 249 g/mol. The van der Waals surface area contributed by atoms with Gasteiger partial charge >= 0.3 is 0 Å². The second-order valence-electron chi connectivity index (χ2n) is 6.06. The summed E-state index contributed by atoms with van der Waals surface area (Å²) < 4.78 is 0. The molecule has 2 aliphatic rings. The third-order valence-corrected chi connectivity index (χ3v) is 4.79. The van der Waals surface area contributed by atoms with E-state index < -0.39 is 0 Å². The molecule has 3 unspecified atom stereocenters. The van der Waals surface area contributed by atoms with Crippen molar-refractivity contribution in [3.63, 3.8) is 0 Å². The molecule has 0 spiro atoms. The molecule has 3 nitrogen and oxygen atoms in total. The summed E-state index contributed by atoms with van der Waals surface area (Å²) in [6.07, 6.45) is 8.64. The van der Waals surface area contributed by atoms with Crippen molar-refractivity contribution in [2.24, 2.45) is 0 Å². The van der Waals surface area contributed by atoms with Gasteiger partial charge < -0.3 is 0 Å². The maximum atomic E-state index is 9.45. The van der Waals surface area contributed by atoms with Crippen molar-refractivity contribution in [2.75, 3.05) is 13.1 Å². The molecule has 2 rings (SSSR count). The van der Waals surface area contributed by atoms with E-state index in [1.807, 2.05) is 0 Å². The Bertz CT molecular complexity index is 309. The molecule has 2 fully saturated rings. The molecule has 0 amide bonds. The van der Waals surface area contributed by atoms with Gasteiger partial charge in [0.15, 0.2) is 0 Å². The highest BCUT2D eigenvalue weighted by atomic mass is 15.2. The van der Waals surface area contributed by atoms with Crippen molar-refractivity contribution in [3.05, 3.63) is 0 Å². The van der Waals surface area contributed by atoms with Crippen LogP contribution >= 0.6 is 0 Å². The maximum Gasteiger partial charge on any atom is 0.108 e. The lowest BCUT2D eigenvalue weighted by Crippen LogP contribution is -2.45. The molecule has 0 aromatic heterocycles. The van der Waals surface area contributed by atoms with Crippen molar-refractivity contribution in [3.8, 4) is 6.07 Å². The van der Waals surface area contributed by atoms with Crippen LogP contribution in [0, 0.1) is 11.3 Å². The number of nitrogens with one attached hydrogen (secondary N) is 1.